The maximum absolute atomic E-state index is 11.0. The van der Waals surface area contributed by atoms with Gasteiger partial charge in [-0.05, 0) is 56.3 Å². The molecule has 1 fully saturated rings. The van der Waals surface area contributed by atoms with Gasteiger partial charge in [0.2, 0.25) is 0 Å². The Morgan fingerprint density at radius 2 is 2.05 bits per heavy atom. The number of piperidine rings is 1. The summed E-state index contributed by atoms with van der Waals surface area (Å²) < 4.78 is 6.17. The average Bonchev–Trinajstić information content (AvgIpc) is 2.33. The number of hydrogen-bond acceptors (Lipinski definition) is 3. The van der Waals surface area contributed by atoms with Crippen molar-refractivity contribution in [3.8, 4) is 0 Å². The summed E-state index contributed by atoms with van der Waals surface area (Å²) in [6.45, 7) is 13.0. The van der Waals surface area contributed by atoms with Crippen LogP contribution in [0.25, 0.3) is 0 Å². The fourth-order valence-electron chi connectivity index (χ4n) is 2.36. The highest BCUT2D eigenvalue weighted by Gasteiger charge is 2.36. The lowest BCUT2D eigenvalue weighted by molar-refractivity contribution is -0.140. The minimum atomic E-state index is -1.63. The normalized spacial score (nSPS) is 24.6. The highest BCUT2D eigenvalue weighted by Crippen LogP contribution is 2.36. The number of nitrogens with one attached hydrogen (secondary N) is 1. The average molecular weight is 302 g/mol. The van der Waals surface area contributed by atoms with Crippen LogP contribution in [0.5, 0.6) is 0 Å². The quantitative estimate of drug-likeness (QED) is 0.584. The Labute approximate surface area is 124 Å². The third kappa shape index (κ3) is 5.18. The molecule has 0 aromatic carbocycles. The first-order valence-corrected chi connectivity index (χ1v) is 10.6. The van der Waals surface area contributed by atoms with Crippen molar-refractivity contribution >= 4 is 14.3 Å². The molecule has 0 spiro atoms. The molecule has 1 aliphatic heterocycles. The maximum Gasteiger partial charge on any atom is 0.320 e. The van der Waals surface area contributed by atoms with Crippen LogP contribution >= 0.6 is 0 Å². The first-order chi connectivity index (χ1) is 9.13. The number of rotatable bonds is 6. The molecule has 2 unspecified atom stereocenters. The molecule has 0 aromatic heterocycles. The van der Waals surface area contributed by atoms with E-state index in [1.807, 2.05) is 0 Å². The lowest BCUT2D eigenvalue weighted by Crippen LogP contribution is -2.43. The van der Waals surface area contributed by atoms with Crippen LogP contribution in [0.2, 0.25) is 18.1 Å². The van der Waals surface area contributed by atoms with E-state index in [9.17, 15) is 4.79 Å². The molecule has 1 saturated heterocycles. The smallest absolute Gasteiger partial charge is 0.320 e. The molecule has 2 N–H and O–H groups in total. The van der Waals surface area contributed by atoms with Crippen molar-refractivity contribution in [2.75, 3.05) is 13.2 Å². The summed E-state index contributed by atoms with van der Waals surface area (Å²) in [5, 5.41) is 12.4. The van der Waals surface area contributed by atoms with Crippen LogP contribution in [-0.2, 0) is 9.22 Å². The van der Waals surface area contributed by atoms with E-state index in [-0.39, 0.29) is 11.1 Å². The number of carboxylic acid groups (broad SMARTS) is 1. The van der Waals surface area contributed by atoms with E-state index >= 15 is 0 Å². The lowest BCUT2D eigenvalue weighted by atomic mass is 9.89. The van der Waals surface area contributed by atoms with Gasteiger partial charge in [0.25, 0.3) is 0 Å². The van der Waals surface area contributed by atoms with Gasteiger partial charge in [-0.15, -0.1) is 0 Å². The molecule has 118 valence electrons. The fourth-order valence-corrected chi connectivity index (χ4v) is 3.45. The van der Waals surface area contributed by atoms with Crippen LogP contribution < -0.4 is 5.32 Å². The van der Waals surface area contributed by atoms with Crippen molar-refractivity contribution in [1.82, 2.24) is 5.32 Å². The second-order valence-corrected chi connectivity index (χ2v) is 12.3. The topological polar surface area (TPSA) is 58.6 Å². The van der Waals surface area contributed by atoms with Crippen LogP contribution in [0.3, 0.4) is 0 Å². The molecule has 0 saturated carbocycles. The van der Waals surface area contributed by atoms with Crippen molar-refractivity contribution in [1.29, 1.82) is 0 Å². The largest absolute Gasteiger partial charge is 0.480 e. The minimum Gasteiger partial charge on any atom is -0.480 e. The molecule has 4 nitrogen and oxygen atoms in total. The molecule has 5 heteroatoms. The van der Waals surface area contributed by atoms with Gasteiger partial charge in [0.05, 0.1) is 0 Å². The van der Waals surface area contributed by atoms with E-state index in [4.69, 9.17) is 9.53 Å². The van der Waals surface area contributed by atoms with E-state index < -0.39 is 14.3 Å². The minimum absolute atomic E-state index is 0.260. The maximum atomic E-state index is 11.0. The van der Waals surface area contributed by atoms with Crippen LogP contribution in [0.15, 0.2) is 0 Å². The van der Waals surface area contributed by atoms with Crippen molar-refractivity contribution in [3.63, 3.8) is 0 Å². The van der Waals surface area contributed by atoms with Gasteiger partial charge in [0.1, 0.15) is 6.04 Å². The van der Waals surface area contributed by atoms with E-state index in [2.05, 4.69) is 39.2 Å². The summed E-state index contributed by atoms with van der Waals surface area (Å²) in [7, 11) is -1.63. The van der Waals surface area contributed by atoms with E-state index in [0.29, 0.717) is 5.92 Å². The Morgan fingerprint density at radius 3 is 2.60 bits per heavy atom. The summed E-state index contributed by atoms with van der Waals surface area (Å²) in [4.78, 5) is 11.0. The van der Waals surface area contributed by atoms with E-state index in [0.717, 1.165) is 38.8 Å². The van der Waals surface area contributed by atoms with E-state index in [1.54, 1.807) is 0 Å². The first kappa shape index (κ1) is 17.7. The van der Waals surface area contributed by atoms with Crippen LogP contribution in [-0.4, -0.2) is 38.6 Å². The Morgan fingerprint density at radius 1 is 1.40 bits per heavy atom. The van der Waals surface area contributed by atoms with Gasteiger partial charge in [0, 0.05) is 6.61 Å². The van der Waals surface area contributed by atoms with Gasteiger partial charge in [0.15, 0.2) is 8.32 Å². The molecular weight excluding hydrogens is 270 g/mol. The Bertz CT molecular complexity index is 326. The standard InChI is InChI=1S/C15H31NO3Si/c1-15(2,3)20(4,5)19-10-6-7-12-8-9-16-13(11-12)14(17)18/h12-13,16H,6-11H2,1-5H3,(H,17,18). The molecule has 2 atom stereocenters. The van der Waals surface area contributed by atoms with Crippen molar-refractivity contribution in [2.24, 2.45) is 5.92 Å². The molecule has 0 bridgehead atoms. The van der Waals surface area contributed by atoms with Gasteiger partial charge in [-0.25, -0.2) is 0 Å². The van der Waals surface area contributed by atoms with Crippen LogP contribution in [0, 0.1) is 5.92 Å². The van der Waals surface area contributed by atoms with E-state index in [1.165, 1.54) is 0 Å². The molecule has 20 heavy (non-hydrogen) atoms. The predicted octanol–water partition coefficient (Wildman–Crippen LogP) is 3.24. The molecule has 0 radical (unpaired) electrons. The van der Waals surface area contributed by atoms with Crippen molar-refractivity contribution in [2.45, 2.75) is 70.6 Å². The predicted molar refractivity (Wildman–Crippen MR) is 84.5 cm³/mol. The number of aliphatic carboxylic acids is 1. The van der Waals surface area contributed by atoms with Gasteiger partial charge in [-0.1, -0.05) is 20.8 Å². The monoisotopic (exact) mass is 301 g/mol. The van der Waals surface area contributed by atoms with Gasteiger partial charge in [-0.2, -0.15) is 0 Å². The number of carbonyl (C=O) groups is 1. The lowest BCUT2D eigenvalue weighted by Gasteiger charge is -2.36. The molecule has 0 aromatic rings. The molecule has 0 aliphatic carbocycles. The summed E-state index contributed by atoms with van der Waals surface area (Å²) in [6, 6.07) is -0.352. The molecular formula is C15H31NO3Si. The Hall–Kier alpha value is -0.393. The number of carboxylic acids is 1. The van der Waals surface area contributed by atoms with Gasteiger partial charge in [-0.3, -0.25) is 4.79 Å². The van der Waals surface area contributed by atoms with Crippen LogP contribution in [0.4, 0.5) is 0 Å². The SMILES string of the molecule is CC(C)(C)[Si](C)(C)OCCCC1CCNC(C(=O)O)C1. The summed E-state index contributed by atoms with van der Waals surface area (Å²) in [5.41, 5.74) is 0. The zero-order valence-electron chi connectivity index (χ0n) is 13.7. The van der Waals surface area contributed by atoms with Crippen molar-refractivity contribution < 1.29 is 14.3 Å². The highest BCUT2D eigenvalue weighted by molar-refractivity contribution is 6.74. The van der Waals surface area contributed by atoms with Crippen molar-refractivity contribution in [3.05, 3.63) is 0 Å². The molecule has 1 rings (SSSR count). The third-order valence-electron chi connectivity index (χ3n) is 4.84. The molecule has 0 amide bonds. The summed E-state index contributed by atoms with van der Waals surface area (Å²) in [6.07, 6.45) is 3.98. The highest BCUT2D eigenvalue weighted by atomic mass is 28.4. The molecule has 1 heterocycles. The Balaban J connectivity index is 2.26. The molecule has 1 aliphatic rings. The second kappa shape index (κ2) is 7.05. The summed E-state index contributed by atoms with van der Waals surface area (Å²) >= 11 is 0. The first-order valence-electron chi connectivity index (χ1n) is 7.73. The zero-order chi connectivity index (χ0) is 15.4. The number of hydrogen-bond donors (Lipinski definition) is 2. The van der Waals surface area contributed by atoms with Gasteiger partial charge >= 0.3 is 5.97 Å². The Kier molecular flexibility index (Phi) is 6.22. The third-order valence-corrected chi connectivity index (χ3v) is 9.37. The fraction of sp³-hybridized carbons (Fsp3) is 0.933. The summed E-state index contributed by atoms with van der Waals surface area (Å²) in [5.74, 6) is -0.187. The zero-order valence-corrected chi connectivity index (χ0v) is 14.7. The van der Waals surface area contributed by atoms with Gasteiger partial charge < -0.3 is 14.8 Å². The second-order valence-electron chi connectivity index (χ2n) is 7.49. The van der Waals surface area contributed by atoms with Crippen LogP contribution in [0.1, 0.15) is 46.5 Å².